The highest BCUT2D eigenvalue weighted by atomic mass is 19.1. The zero-order valence-corrected chi connectivity index (χ0v) is 13.8. The van der Waals surface area contributed by atoms with Crippen molar-refractivity contribution in [1.82, 2.24) is 9.55 Å². The van der Waals surface area contributed by atoms with Crippen molar-refractivity contribution in [1.29, 1.82) is 0 Å². The summed E-state index contributed by atoms with van der Waals surface area (Å²) in [5.41, 5.74) is 4.27. The molecule has 2 aromatic heterocycles. The standard InChI is InChI=1S/C20H19FN2O/c1-4-12-23-15(3)14(2)18-9-11-22-20(19(18)23)24-13-10-16-5-7-17(21)8-6-16/h1,5-9,11H,10,12-13H2,2-3H3. The van der Waals surface area contributed by atoms with Gasteiger partial charge in [-0.25, -0.2) is 9.37 Å². The van der Waals surface area contributed by atoms with E-state index in [0.717, 1.165) is 22.2 Å². The molecule has 0 aliphatic carbocycles. The fraction of sp³-hybridized carbons (Fsp3) is 0.250. The van der Waals surface area contributed by atoms with Gasteiger partial charge in [0.15, 0.2) is 0 Å². The molecule has 0 saturated carbocycles. The lowest BCUT2D eigenvalue weighted by atomic mass is 10.1. The number of hydrogen-bond donors (Lipinski definition) is 0. The summed E-state index contributed by atoms with van der Waals surface area (Å²) in [6, 6.07) is 8.43. The molecule has 24 heavy (non-hydrogen) atoms. The molecule has 0 aliphatic heterocycles. The molecular weight excluding hydrogens is 303 g/mol. The number of benzene rings is 1. The molecule has 0 spiro atoms. The third-order valence-corrected chi connectivity index (χ3v) is 4.30. The molecule has 0 aliphatic rings. The lowest BCUT2D eigenvalue weighted by molar-refractivity contribution is 0.312. The van der Waals surface area contributed by atoms with Gasteiger partial charge in [0.1, 0.15) is 11.3 Å². The number of rotatable bonds is 5. The van der Waals surface area contributed by atoms with Gasteiger partial charge >= 0.3 is 0 Å². The molecule has 0 fully saturated rings. The van der Waals surface area contributed by atoms with Crippen LogP contribution >= 0.6 is 0 Å². The number of terminal acetylenes is 1. The molecule has 0 atom stereocenters. The summed E-state index contributed by atoms with van der Waals surface area (Å²) < 4.78 is 20.9. The normalized spacial score (nSPS) is 10.8. The lowest BCUT2D eigenvalue weighted by Crippen LogP contribution is -2.05. The van der Waals surface area contributed by atoms with Crippen LogP contribution in [0.2, 0.25) is 0 Å². The van der Waals surface area contributed by atoms with Crippen LogP contribution in [0.15, 0.2) is 36.5 Å². The highest BCUT2D eigenvalue weighted by Gasteiger charge is 2.15. The molecule has 2 heterocycles. The van der Waals surface area contributed by atoms with Crippen LogP contribution in [0, 0.1) is 32.0 Å². The Morgan fingerprint density at radius 2 is 1.96 bits per heavy atom. The Hall–Kier alpha value is -2.80. The number of ether oxygens (including phenoxy) is 1. The van der Waals surface area contributed by atoms with Crippen LogP contribution in [-0.2, 0) is 13.0 Å². The Morgan fingerprint density at radius 3 is 2.67 bits per heavy atom. The van der Waals surface area contributed by atoms with E-state index in [1.54, 1.807) is 18.3 Å². The van der Waals surface area contributed by atoms with Gasteiger partial charge in [-0.2, -0.15) is 0 Å². The zero-order valence-electron chi connectivity index (χ0n) is 13.8. The third-order valence-electron chi connectivity index (χ3n) is 4.30. The molecule has 0 unspecified atom stereocenters. The van der Waals surface area contributed by atoms with Crippen molar-refractivity contribution >= 4 is 10.9 Å². The van der Waals surface area contributed by atoms with Gasteiger partial charge in [-0.3, -0.25) is 0 Å². The van der Waals surface area contributed by atoms with Crippen LogP contribution in [0.1, 0.15) is 16.8 Å². The second-order valence-corrected chi connectivity index (χ2v) is 5.74. The average molecular weight is 322 g/mol. The number of hydrogen-bond acceptors (Lipinski definition) is 2. The van der Waals surface area contributed by atoms with Gasteiger partial charge in [0.2, 0.25) is 5.88 Å². The summed E-state index contributed by atoms with van der Waals surface area (Å²) in [6.07, 6.45) is 7.94. The average Bonchev–Trinajstić information content (AvgIpc) is 2.83. The molecule has 0 radical (unpaired) electrons. The molecule has 3 nitrogen and oxygen atoms in total. The van der Waals surface area contributed by atoms with Crippen molar-refractivity contribution in [2.24, 2.45) is 0 Å². The minimum absolute atomic E-state index is 0.232. The summed E-state index contributed by atoms with van der Waals surface area (Å²) in [4.78, 5) is 4.38. The summed E-state index contributed by atoms with van der Waals surface area (Å²) in [5, 5.41) is 1.11. The first-order valence-corrected chi connectivity index (χ1v) is 7.87. The Labute approximate surface area is 141 Å². The molecule has 4 heteroatoms. The maximum Gasteiger partial charge on any atom is 0.238 e. The molecular formula is C20H19FN2O. The molecule has 122 valence electrons. The Bertz CT molecular complexity index is 904. The van der Waals surface area contributed by atoms with Crippen LogP contribution in [-0.4, -0.2) is 16.2 Å². The maximum absolute atomic E-state index is 12.9. The molecule has 0 N–H and O–H groups in total. The Morgan fingerprint density at radius 1 is 1.21 bits per heavy atom. The Balaban J connectivity index is 1.85. The number of nitrogens with zero attached hydrogens (tertiary/aromatic N) is 2. The van der Waals surface area contributed by atoms with E-state index in [-0.39, 0.29) is 5.82 Å². The first-order chi connectivity index (χ1) is 11.6. The van der Waals surface area contributed by atoms with E-state index < -0.39 is 0 Å². The zero-order chi connectivity index (χ0) is 17.1. The SMILES string of the molecule is C#CCn1c(C)c(C)c2ccnc(OCCc3ccc(F)cc3)c21. The van der Waals surface area contributed by atoms with E-state index >= 15 is 0 Å². The second kappa shape index (κ2) is 6.76. The van der Waals surface area contributed by atoms with Gasteiger partial charge in [-0.1, -0.05) is 18.1 Å². The minimum Gasteiger partial charge on any atom is -0.476 e. The largest absolute Gasteiger partial charge is 0.476 e. The smallest absolute Gasteiger partial charge is 0.238 e. The predicted octanol–water partition coefficient (Wildman–Crippen LogP) is 4.05. The monoisotopic (exact) mass is 322 g/mol. The summed E-state index contributed by atoms with van der Waals surface area (Å²) >= 11 is 0. The van der Waals surface area contributed by atoms with Crippen molar-refractivity contribution in [2.45, 2.75) is 26.8 Å². The summed E-state index contributed by atoms with van der Waals surface area (Å²) in [6.45, 7) is 5.08. The van der Waals surface area contributed by atoms with E-state index in [2.05, 4.69) is 29.3 Å². The van der Waals surface area contributed by atoms with Crippen molar-refractivity contribution in [3.63, 3.8) is 0 Å². The topological polar surface area (TPSA) is 27.1 Å². The number of aryl methyl sites for hydroxylation is 1. The van der Waals surface area contributed by atoms with Gasteiger partial charge in [0.05, 0.1) is 13.2 Å². The fourth-order valence-corrected chi connectivity index (χ4v) is 2.87. The van der Waals surface area contributed by atoms with Crippen LogP contribution in [0.4, 0.5) is 4.39 Å². The van der Waals surface area contributed by atoms with Gasteiger partial charge in [-0.05, 0) is 43.2 Å². The van der Waals surface area contributed by atoms with Gasteiger partial charge in [0.25, 0.3) is 0 Å². The number of halogens is 1. The molecule has 0 saturated heterocycles. The molecule has 0 bridgehead atoms. The predicted molar refractivity (Wildman–Crippen MR) is 93.6 cm³/mol. The number of aromatic nitrogens is 2. The van der Waals surface area contributed by atoms with Crippen molar-refractivity contribution in [2.75, 3.05) is 6.61 Å². The van der Waals surface area contributed by atoms with E-state index in [9.17, 15) is 4.39 Å². The van der Waals surface area contributed by atoms with E-state index in [1.165, 1.54) is 17.7 Å². The third kappa shape index (κ3) is 2.98. The number of pyridine rings is 1. The highest BCUT2D eigenvalue weighted by Crippen LogP contribution is 2.30. The van der Waals surface area contributed by atoms with E-state index in [0.29, 0.717) is 25.5 Å². The highest BCUT2D eigenvalue weighted by molar-refractivity contribution is 5.88. The van der Waals surface area contributed by atoms with Gasteiger partial charge in [0, 0.05) is 23.7 Å². The summed E-state index contributed by atoms with van der Waals surface area (Å²) in [7, 11) is 0. The fourth-order valence-electron chi connectivity index (χ4n) is 2.87. The van der Waals surface area contributed by atoms with Gasteiger partial charge < -0.3 is 9.30 Å². The van der Waals surface area contributed by atoms with E-state index in [4.69, 9.17) is 11.2 Å². The second-order valence-electron chi connectivity index (χ2n) is 5.74. The number of fused-ring (bicyclic) bond motifs is 1. The Kier molecular flexibility index (Phi) is 4.52. The van der Waals surface area contributed by atoms with Crippen LogP contribution < -0.4 is 4.74 Å². The molecule has 3 rings (SSSR count). The summed E-state index contributed by atoms with van der Waals surface area (Å²) in [5.74, 6) is 3.04. The molecule has 3 aromatic rings. The van der Waals surface area contributed by atoms with Crippen molar-refractivity contribution in [3.05, 3.63) is 59.2 Å². The molecule has 0 amide bonds. The minimum atomic E-state index is -0.232. The van der Waals surface area contributed by atoms with Crippen LogP contribution in [0.3, 0.4) is 0 Å². The van der Waals surface area contributed by atoms with Crippen molar-refractivity contribution < 1.29 is 9.13 Å². The van der Waals surface area contributed by atoms with Crippen LogP contribution in [0.5, 0.6) is 5.88 Å². The lowest BCUT2D eigenvalue weighted by Gasteiger charge is -2.10. The quantitative estimate of drug-likeness (QED) is 0.663. The van der Waals surface area contributed by atoms with Gasteiger partial charge in [-0.15, -0.1) is 6.42 Å². The van der Waals surface area contributed by atoms with E-state index in [1.807, 2.05) is 6.07 Å². The maximum atomic E-state index is 12.9. The van der Waals surface area contributed by atoms with Crippen molar-refractivity contribution in [3.8, 4) is 18.2 Å². The first kappa shape index (κ1) is 16.1. The first-order valence-electron chi connectivity index (χ1n) is 7.87. The molecule has 1 aromatic carbocycles. The van der Waals surface area contributed by atoms with Crippen LogP contribution in [0.25, 0.3) is 10.9 Å².